The topological polar surface area (TPSA) is 95.5 Å². The maximum absolute atomic E-state index is 11.8. The van der Waals surface area contributed by atoms with Gasteiger partial charge in [-0.15, -0.1) is 0 Å². The van der Waals surface area contributed by atoms with E-state index in [-0.39, 0.29) is 23.9 Å². The summed E-state index contributed by atoms with van der Waals surface area (Å²) in [5.74, 6) is 0.594. The van der Waals surface area contributed by atoms with E-state index in [2.05, 4.69) is 10.6 Å². The first-order valence-corrected chi connectivity index (χ1v) is 8.11. The molecule has 0 aromatic heterocycles. The second-order valence-corrected chi connectivity index (χ2v) is 7.32. The van der Waals surface area contributed by atoms with Crippen molar-refractivity contribution in [1.82, 2.24) is 10.6 Å². The van der Waals surface area contributed by atoms with Crippen LogP contribution in [0.25, 0.3) is 0 Å². The number of hydrogen-bond acceptors (Lipinski definition) is 5. The molecule has 5 unspecified atom stereocenters. The van der Waals surface area contributed by atoms with E-state index >= 15 is 0 Å². The molecule has 3 N–H and O–H groups in total. The van der Waals surface area contributed by atoms with Gasteiger partial charge in [0.25, 0.3) is 0 Å². The molecule has 0 aromatic rings. The first kappa shape index (κ1) is 15.6. The van der Waals surface area contributed by atoms with Crippen molar-refractivity contribution >= 4 is 18.5 Å². The summed E-state index contributed by atoms with van der Waals surface area (Å²) in [6, 6.07) is 0.173. The number of fused-ring (bicyclic) bond motifs is 1. The smallest absolute Gasteiger partial charge is 0.217 e. The van der Waals surface area contributed by atoms with Gasteiger partial charge < -0.3 is 25.3 Å². The molecule has 3 saturated carbocycles. The standard InChI is InChI=1S/C16H24N2O4/c1-10(21)17-14-3-5-16(9-20,13-6-12(13)14)18-11-2-4-15(22,7-11)8-19/h8-9,11-14,18,22H,2-7H2,1H3,(H,17,21)/t11?,12?,13-,14?,15?,16?/m1/s1. The zero-order valence-electron chi connectivity index (χ0n) is 12.9. The van der Waals surface area contributed by atoms with Crippen LogP contribution in [0.5, 0.6) is 0 Å². The van der Waals surface area contributed by atoms with Gasteiger partial charge in [-0.2, -0.15) is 0 Å². The van der Waals surface area contributed by atoms with E-state index in [0.717, 1.165) is 19.1 Å². The molecule has 0 aromatic carbocycles. The van der Waals surface area contributed by atoms with Crippen LogP contribution in [0.1, 0.15) is 45.4 Å². The Hall–Kier alpha value is -1.27. The van der Waals surface area contributed by atoms with Crippen LogP contribution in [0.3, 0.4) is 0 Å². The normalized spacial score (nSPS) is 46.6. The molecule has 3 aliphatic carbocycles. The lowest BCUT2D eigenvalue weighted by Crippen LogP contribution is -2.57. The quantitative estimate of drug-likeness (QED) is 0.618. The molecule has 0 radical (unpaired) electrons. The molecule has 22 heavy (non-hydrogen) atoms. The predicted octanol–water partition coefficient (Wildman–Crippen LogP) is -0.0692. The number of aliphatic hydroxyl groups is 1. The number of carbonyl (C=O) groups excluding carboxylic acids is 3. The van der Waals surface area contributed by atoms with Crippen LogP contribution in [-0.4, -0.2) is 46.8 Å². The zero-order chi connectivity index (χ0) is 16.0. The fraction of sp³-hybridized carbons (Fsp3) is 0.812. The van der Waals surface area contributed by atoms with Crippen LogP contribution >= 0.6 is 0 Å². The highest BCUT2D eigenvalue weighted by atomic mass is 16.3. The summed E-state index contributed by atoms with van der Waals surface area (Å²) in [6.07, 6.45) is 5.59. The molecule has 3 rings (SSSR count). The third kappa shape index (κ3) is 2.70. The maximum Gasteiger partial charge on any atom is 0.217 e. The Morgan fingerprint density at radius 2 is 2.00 bits per heavy atom. The molecule has 0 spiro atoms. The second kappa shape index (κ2) is 5.42. The second-order valence-electron chi connectivity index (χ2n) is 7.32. The Morgan fingerprint density at radius 3 is 2.59 bits per heavy atom. The average molecular weight is 308 g/mol. The minimum atomic E-state index is -1.24. The summed E-state index contributed by atoms with van der Waals surface area (Å²) in [7, 11) is 0. The highest BCUT2D eigenvalue weighted by Crippen LogP contribution is 2.54. The molecule has 6 heteroatoms. The molecule has 0 bridgehead atoms. The van der Waals surface area contributed by atoms with E-state index < -0.39 is 11.1 Å². The van der Waals surface area contributed by atoms with Crippen molar-refractivity contribution in [1.29, 1.82) is 0 Å². The SMILES string of the molecule is CC(=O)NC1CCC(C=O)(NC2CCC(O)(C=O)C2)[C@@H]2CC12. The van der Waals surface area contributed by atoms with E-state index in [9.17, 15) is 19.5 Å². The van der Waals surface area contributed by atoms with Gasteiger partial charge in [0.1, 0.15) is 11.9 Å². The van der Waals surface area contributed by atoms with Gasteiger partial charge in [0, 0.05) is 19.0 Å². The van der Waals surface area contributed by atoms with Crippen LogP contribution in [0.2, 0.25) is 0 Å². The van der Waals surface area contributed by atoms with Gasteiger partial charge >= 0.3 is 0 Å². The van der Waals surface area contributed by atoms with Crippen molar-refractivity contribution in [2.24, 2.45) is 11.8 Å². The summed E-state index contributed by atoms with van der Waals surface area (Å²) < 4.78 is 0. The predicted molar refractivity (Wildman–Crippen MR) is 79.0 cm³/mol. The van der Waals surface area contributed by atoms with Crippen molar-refractivity contribution in [3.8, 4) is 0 Å². The van der Waals surface area contributed by atoms with Gasteiger partial charge in [0.05, 0.1) is 5.54 Å². The lowest BCUT2D eigenvalue weighted by Gasteiger charge is -2.39. The van der Waals surface area contributed by atoms with E-state index in [1.165, 1.54) is 6.92 Å². The monoisotopic (exact) mass is 308 g/mol. The number of carbonyl (C=O) groups is 3. The molecule has 0 aliphatic heterocycles. The minimum absolute atomic E-state index is 0.000957. The maximum atomic E-state index is 11.8. The highest BCUT2D eigenvalue weighted by molar-refractivity contribution is 5.73. The van der Waals surface area contributed by atoms with E-state index in [4.69, 9.17) is 0 Å². The van der Waals surface area contributed by atoms with Gasteiger partial charge in [-0.1, -0.05) is 0 Å². The molecule has 1 amide bonds. The molecule has 3 fully saturated rings. The van der Waals surface area contributed by atoms with Crippen molar-refractivity contribution < 1.29 is 19.5 Å². The minimum Gasteiger partial charge on any atom is -0.382 e. The summed E-state index contributed by atoms with van der Waals surface area (Å²) in [5.41, 5.74) is -1.80. The van der Waals surface area contributed by atoms with E-state index in [0.29, 0.717) is 37.9 Å². The Morgan fingerprint density at radius 1 is 1.23 bits per heavy atom. The molecular formula is C16H24N2O4. The third-order valence-electron chi connectivity index (χ3n) is 5.70. The average Bonchev–Trinajstić information content (AvgIpc) is 3.21. The lowest BCUT2D eigenvalue weighted by molar-refractivity contribution is -0.123. The number of aldehydes is 2. The van der Waals surface area contributed by atoms with Crippen molar-refractivity contribution in [2.45, 2.75) is 68.7 Å². The molecule has 6 nitrogen and oxygen atoms in total. The molecule has 3 aliphatic rings. The largest absolute Gasteiger partial charge is 0.382 e. The molecule has 122 valence electrons. The summed E-state index contributed by atoms with van der Waals surface area (Å²) >= 11 is 0. The molecular weight excluding hydrogens is 284 g/mol. The van der Waals surface area contributed by atoms with Crippen LogP contribution < -0.4 is 10.6 Å². The van der Waals surface area contributed by atoms with E-state index in [1.807, 2.05) is 0 Å². The van der Waals surface area contributed by atoms with Crippen molar-refractivity contribution in [3.63, 3.8) is 0 Å². The fourth-order valence-corrected chi connectivity index (χ4v) is 4.51. The van der Waals surface area contributed by atoms with Crippen LogP contribution in [0, 0.1) is 11.8 Å². The van der Waals surface area contributed by atoms with Gasteiger partial charge in [0.15, 0.2) is 6.29 Å². The third-order valence-corrected chi connectivity index (χ3v) is 5.70. The van der Waals surface area contributed by atoms with Crippen LogP contribution in [0.15, 0.2) is 0 Å². The number of amides is 1. The Labute approximate surface area is 130 Å². The molecule has 0 heterocycles. The van der Waals surface area contributed by atoms with Gasteiger partial charge in [-0.25, -0.2) is 0 Å². The number of hydrogen-bond donors (Lipinski definition) is 3. The van der Waals surface area contributed by atoms with Crippen LogP contribution in [0.4, 0.5) is 0 Å². The Balaban J connectivity index is 1.64. The van der Waals surface area contributed by atoms with Crippen LogP contribution in [-0.2, 0) is 14.4 Å². The zero-order valence-corrected chi connectivity index (χ0v) is 12.9. The first-order chi connectivity index (χ1) is 10.4. The molecule has 6 atom stereocenters. The Bertz CT molecular complexity index is 497. The van der Waals surface area contributed by atoms with Crippen molar-refractivity contribution in [2.75, 3.05) is 0 Å². The van der Waals surface area contributed by atoms with Gasteiger partial charge in [-0.3, -0.25) is 4.79 Å². The summed E-state index contributed by atoms with van der Waals surface area (Å²) in [5, 5.41) is 16.4. The van der Waals surface area contributed by atoms with Gasteiger partial charge in [0.2, 0.25) is 5.91 Å². The van der Waals surface area contributed by atoms with E-state index in [1.54, 1.807) is 0 Å². The highest BCUT2D eigenvalue weighted by Gasteiger charge is 2.59. The first-order valence-electron chi connectivity index (χ1n) is 8.11. The summed E-state index contributed by atoms with van der Waals surface area (Å²) in [4.78, 5) is 34.0. The Kier molecular flexibility index (Phi) is 3.85. The fourth-order valence-electron chi connectivity index (χ4n) is 4.51. The molecule has 0 saturated heterocycles. The lowest BCUT2D eigenvalue weighted by atomic mass is 9.79. The number of nitrogens with one attached hydrogen (secondary N) is 2. The summed E-state index contributed by atoms with van der Waals surface area (Å²) in [6.45, 7) is 1.52. The van der Waals surface area contributed by atoms with Gasteiger partial charge in [-0.05, 0) is 50.4 Å². The van der Waals surface area contributed by atoms with Crippen molar-refractivity contribution in [3.05, 3.63) is 0 Å². The number of rotatable bonds is 5.